The van der Waals surface area contributed by atoms with E-state index in [1.807, 2.05) is 24.3 Å². The van der Waals surface area contributed by atoms with Gasteiger partial charge in [-0.3, -0.25) is 4.79 Å². The summed E-state index contributed by atoms with van der Waals surface area (Å²) in [6.45, 7) is 0. The molecule has 0 fully saturated rings. The lowest BCUT2D eigenvalue weighted by Gasteiger charge is -2.43. The number of halogens is 1. The Morgan fingerprint density at radius 3 is 2.33 bits per heavy atom. The number of benzene rings is 2. The number of rotatable bonds is 4. The van der Waals surface area contributed by atoms with Crippen molar-refractivity contribution < 1.29 is 23.9 Å². The molecule has 1 amide bonds. The van der Waals surface area contributed by atoms with E-state index in [1.165, 1.54) is 19.1 Å². The zero-order chi connectivity index (χ0) is 23.9. The predicted octanol–water partition coefficient (Wildman–Crippen LogP) is 2.20. The highest BCUT2D eigenvalue weighted by Gasteiger charge is 2.46. The second-order valence-corrected chi connectivity index (χ2v) is 8.43. The molecule has 4 rings (SSSR count). The Morgan fingerprint density at radius 1 is 1.06 bits per heavy atom. The third-order valence-corrected chi connectivity index (χ3v) is 5.98. The first kappa shape index (κ1) is 23.0. The number of esters is 2. The van der Waals surface area contributed by atoms with Crippen molar-refractivity contribution in [2.75, 3.05) is 14.2 Å². The van der Waals surface area contributed by atoms with Crippen molar-refractivity contribution in [2.24, 2.45) is 0 Å². The molecule has 164 valence electrons. The zero-order valence-corrected chi connectivity index (χ0v) is 18.8. The minimum atomic E-state index is -2.25. The molecule has 0 bridgehead atoms. The Bertz CT molecular complexity index is 1240. The number of methoxy groups -OCH3 is 2. The first-order valence-electron chi connectivity index (χ1n) is 10.1. The highest BCUT2D eigenvalue weighted by molar-refractivity contribution is 6.71. The largest absolute Gasteiger partial charge is 0.467 e. The quantitative estimate of drug-likeness (QED) is 0.366. The molecule has 0 aliphatic carbocycles. The van der Waals surface area contributed by atoms with Crippen LogP contribution in [0.4, 0.5) is 0 Å². The maximum Gasteiger partial charge on any atom is 0.337 e. The van der Waals surface area contributed by atoms with Gasteiger partial charge in [-0.05, 0) is 29.3 Å². The van der Waals surface area contributed by atoms with Gasteiger partial charge in [0.25, 0.3) is 0 Å². The van der Waals surface area contributed by atoms with Crippen molar-refractivity contribution in [1.82, 2.24) is 9.88 Å². The van der Waals surface area contributed by atoms with Gasteiger partial charge in [-0.15, -0.1) is 11.6 Å². The number of amides is 1. The van der Waals surface area contributed by atoms with Gasteiger partial charge in [0, 0.05) is 27.7 Å². The topological polar surface area (TPSA) is 88.7 Å². The van der Waals surface area contributed by atoms with Gasteiger partial charge < -0.3 is 19.4 Å². The summed E-state index contributed by atoms with van der Waals surface area (Å²) in [7, 11) is 14.1. The molecule has 1 N–H and O–H groups in total. The van der Waals surface area contributed by atoms with Gasteiger partial charge in [0.2, 0.25) is 5.91 Å². The summed E-state index contributed by atoms with van der Waals surface area (Å²) in [6, 6.07) is 12.3. The van der Waals surface area contributed by atoms with Crippen LogP contribution in [0.5, 0.6) is 0 Å². The van der Waals surface area contributed by atoms with Gasteiger partial charge in [0.15, 0.2) is 0 Å². The molecule has 7 nitrogen and oxygen atoms in total. The molecule has 2 aromatic carbocycles. The molecule has 10 heteroatoms. The molecule has 0 saturated carbocycles. The molecule has 0 saturated heterocycles. The Labute approximate surface area is 198 Å². The summed E-state index contributed by atoms with van der Waals surface area (Å²) in [6.07, 6.45) is 0.182. The van der Waals surface area contributed by atoms with E-state index in [4.69, 9.17) is 36.8 Å². The summed E-state index contributed by atoms with van der Waals surface area (Å²) < 4.78 is 7.52. The van der Waals surface area contributed by atoms with E-state index < -0.39 is 34.6 Å². The second-order valence-electron chi connectivity index (χ2n) is 7.80. The van der Waals surface area contributed by atoms with E-state index in [-0.39, 0.29) is 6.42 Å². The Hall–Kier alpha value is -3.19. The van der Waals surface area contributed by atoms with Crippen LogP contribution < -0.4 is 0 Å². The molecular weight excluding hydrogens is 441 g/mol. The lowest BCUT2D eigenvalue weighted by atomic mass is 9.68. The summed E-state index contributed by atoms with van der Waals surface area (Å²) in [5.41, 5.74) is 3.34. The number of hydrogen-bond donors (Lipinski definition) is 1. The Morgan fingerprint density at radius 2 is 1.73 bits per heavy atom. The molecule has 0 spiro atoms. The van der Waals surface area contributed by atoms with Crippen LogP contribution in [-0.4, -0.2) is 68.4 Å². The van der Waals surface area contributed by atoms with Gasteiger partial charge in [0.05, 0.1) is 41.5 Å². The normalized spacial score (nSPS) is 18.0. The highest BCUT2D eigenvalue weighted by Crippen LogP contribution is 2.42. The predicted molar refractivity (Wildman–Crippen MR) is 124 cm³/mol. The fourth-order valence-corrected chi connectivity index (χ4v) is 4.42. The molecule has 2 heterocycles. The monoisotopic (exact) mass is 460 g/mol. The molecule has 1 aromatic heterocycles. The molecule has 0 unspecified atom stereocenters. The van der Waals surface area contributed by atoms with E-state index in [0.717, 1.165) is 16.5 Å². The first-order chi connectivity index (χ1) is 15.7. The van der Waals surface area contributed by atoms with Gasteiger partial charge >= 0.3 is 11.9 Å². The van der Waals surface area contributed by atoms with Crippen molar-refractivity contribution >= 4 is 56.0 Å². The molecule has 4 radical (unpaired) electrons. The first-order valence-corrected chi connectivity index (χ1v) is 10.5. The number of hydrogen-bond acceptors (Lipinski definition) is 5. The van der Waals surface area contributed by atoms with Crippen LogP contribution in [0.2, 0.25) is 0 Å². The van der Waals surface area contributed by atoms with E-state index >= 15 is 0 Å². The number of para-hydroxylation sites is 1. The van der Waals surface area contributed by atoms with Crippen LogP contribution in [0.3, 0.4) is 0 Å². The number of alkyl halides is 1. The second kappa shape index (κ2) is 8.63. The molecule has 2 atom stereocenters. The summed E-state index contributed by atoms with van der Waals surface area (Å²) in [4.78, 5) is 42.7. The molecule has 1 aliphatic heterocycles. The van der Waals surface area contributed by atoms with Crippen LogP contribution in [0, 0.1) is 0 Å². The minimum absolute atomic E-state index is 0.182. The average Bonchev–Trinajstić information content (AvgIpc) is 3.19. The average molecular weight is 460 g/mol. The fourth-order valence-electron chi connectivity index (χ4n) is 4.32. The van der Waals surface area contributed by atoms with Crippen LogP contribution in [0.25, 0.3) is 10.9 Å². The third kappa shape index (κ3) is 4.02. The third-order valence-electron chi connectivity index (χ3n) is 5.81. The minimum Gasteiger partial charge on any atom is -0.467 e. The Balaban J connectivity index is 1.96. The van der Waals surface area contributed by atoms with Crippen molar-refractivity contribution in [3.8, 4) is 0 Å². The van der Waals surface area contributed by atoms with Gasteiger partial charge in [-0.1, -0.05) is 30.3 Å². The van der Waals surface area contributed by atoms with E-state index in [2.05, 4.69) is 4.98 Å². The summed E-state index contributed by atoms with van der Waals surface area (Å²) in [5.74, 6) is -1.97. The van der Waals surface area contributed by atoms with Gasteiger partial charge in [-0.25, -0.2) is 9.59 Å². The molecular formula is C23H19B2ClN2O5. The molecule has 1 aliphatic rings. The van der Waals surface area contributed by atoms with Crippen molar-refractivity contribution in [1.29, 1.82) is 0 Å². The molecule has 3 aromatic rings. The molecule has 33 heavy (non-hydrogen) atoms. The standard InChI is InChI=1S/C23H19B2ClN2O5/c1-32-20(29)13-9-7-12(8-10-13)19-18-15(14-5-3-4-6-16(14)27-18)11-17(21(30)33-2)28(19)22(31)23(24,25)26/h3-10,17,19,27H,11H2,1-2H3/t17-,19+/m1/s1. The SMILES string of the molecule is [B]C([B])(Cl)C(=O)N1[C@@H](c2ccc(C(=O)OC)cc2)c2[nH]c3ccccc3c2C[C@@H]1C(=O)OC. The smallest absolute Gasteiger partial charge is 0.337 e. The summed E-state index contributed by atoms with van der Waals surface area (Å²) in [5, 5.41) is 0.919. The van der Waals surface area contributed by atoms with Crippen LogP contribution in [-0.2, 0) is 25.5 Å². The van der Waals surface area contributed by atoms with Crippen molar-refractivity contribution in [3.05, 3.63) is 70.9 Å². The number of aromatic amines is 1. The maximum atomic E-state index is 13.3. The number of ether oxygens (including phenoxy) is 2. The van der Waals surface area contributed by atoms with Crippen LogP contribution in [0.15, 0.2) is 48.5 Å². The van der Waals surface area contributed by atoms with Gasteiger partial charge in [0.1, 0.15) is 6.04 Å². The summed E-state index contributed by atoms with van der Waals surface area (Å²) >= 11 is 6.02. The van der Waals surface area contributed by atoms with Crippen molar-refractivity contribution in [3.63, 3.8) is 0 Å². The van der Waals surface area contributed by atoms with E-state index in [9.17, 15) is 14.4 Å². The van der Waals surface area contributed by atoms with Gasteiger partial charge in [-0.2, -0.15) is 0 Å². The number of fused-ring (bicyclic) bond motifs is 3. The van der Waals surface area contributed by atoms with Crippen LogP contribution in [0.1, 0.15) is 33.2 Å². The lowest BCUT2D eigenvalue weighted by molar-refractivity contribution is -0.154. The number of H-pyrrole nitrogens is 1. The Kier molecular flexibility index (Phi) is 6.01. The van der Waals surface area contributed by atoms with Crippen LogP contribution >= 0.6 is 11.6 Å². The lowest BCUT2D eigenvalue weighted by Crippen LogP contribution is -2.57. The van der Waals surface area contributed by atoms with Crippen molar-refractivity contribution in [2.45, 2.75) is 23.2 Å². The number of nitrogens with one attached hydrogen (secondary N) is 1. The van der Waals surface area contributed by atoms with E-state index in [1.54, 1.807) is 24.3 Å². The number of nitrogens with zero attached hydrogens (tertiary/aromatic N) is 1. The fraction of sp³-hybridized carbons (Fsp3) is 0.261. The number of aromatic nitrogens is 1. The number of carbonyl (C=O) groups excluding carboxylic acids is 3. The van der Waals surface area contributed by atoms with E-state index in [0.29, 0.717) is 16.8 Å². The maximum absolute atomic E-state index is 13.3. The highest BCUT2D eigenvalue weighted by atomic mass is 35.5. The number of carbonyl (C=O) groups is 3. The zero-order valence-electron chi connectivity index (χ0n) is 18.0.